The number of rotatable bonds is 4. The lowest BCUT2D eigenvalue weighted by Gasteiger charge is -2.28. The Kier molecular flexibility index (Phi) is 6.47. The summed E-state index contributed by atoms with van der Waals surface area (Å²) in [5.74, 6) is -2.51. The molecule has 2 fully saturated rings. The summed E-state index contributed by atoms with van der Waals surface area (Å²) in [6.07, 6.45) is -4.74. The summed E-state index contributed by atoms with van der Waals surface area (Å²) in [5.41, 5.74) is -1.42. The van der Waals surface area contributed by atoms with E-state index in [0.29, 0.717) is 40.6 Å². The van der Waals surface area contributed by atoms with Crippen molar-refractivity contribution in [2.45, 2.75) is 43.5 Å². The summed E-state index contributed by atoms with van der Waals surface area (Å²) < 4.78 is 60.0. The van der Waals surface area contributed by atoms with Gasteiger partial charge in [-0.05, 0) is 54.7 Å². The molecule has 2 aromatic rings. The van der Waals surface area contributed by atoms with Crippen LogP contribution < -0.4 is 10.6 Å². The van der Waals surface area contributed by atoms with Gasteiger partial charge in [0, 0.05) is 31.3 Å². The van der Waals surface area contributed by atoms with Gasteiger partial charge in [-0.2, -0.15) is 13.2 Å². The highest BCUT2D eigenvalue weighted by Gasteiger charge is 2.58. The van der Waals surface area contributed by atoms with E-state index < -0.39 is 59.7 Å². The fourth-order valence-electron chi connectivity index (χ4n) is 5.60. The van der Waals surface area contributed by atoms with Gasteiger partial charge >= 0.3 is 18.3 Å². The maximum Gasteiger partial charge on any atom is 0.418 e. The highest BCUT2D eigenvalue weighted by Crippen LogP contribution is 2.46. The Morgan fingerprint density at radius 2 is 1.92 bits per heavy atom. The Bertz CT molecular complexity index is 1380. The molecule has 0 saturated carbocycles. The maximum atomic E-state index is 13.6. The number of urea groups is 1. The molecule has 2 atom stereocenters. The molecule has 1 spiro atoms. The lowest BCUT2D eigenvalue weighted by molar-refractivity contribution is -0.143. The maximum absolute atomic E-state index is 13.6. The van der Waals surface area contributed by atoms with E-state index in [-0.39, 0.29) is 24.9 Å². The molecule has 2 saturated heterocycles. The summed E-state index contributed by atoms with van der Waals surface area (Å²) in [6, 6.07) is 5.71. The number of fused-ring (bicyclic) bond motifs is 2. The number of anilines is 1. The lowest BCUT2D eigenvalue weighted by atomic mass is 9.94. The number of nitrogens with one attached hydrogen (secondary N) is 2. The molecule has 39 heavy (non-hydrogen) atoms. The van der Waals surface area contributed by atoms with Crippen molar-refractivity contribution < 1.29 is 41.5 Å². The molecule has 2 aromatic carbocycles. The average molecular weight is 548 g/mol. The molecule has 2 aliphatic heterocycles. The molecule has 5 rings (SSSR count). The minimum absolute atomic E-state index is 0.115. The van der Waals surface area contributed by atoms with E-state index in [1.807, 2.05) is 0 Å². The van der Waals surface area contributed by atoms with Crippen LogP contribution in [-0.2, 0) is 32.5 Å². The molecule has 0 aromatic heterocycles. The van der Waals surface area contributed by atoms with Crippen LogP contribution in [0.25, 0.3) is 0 Å². The Morgan fingerprint density at radius 1 is 1.15 bits per heavy atom. The van der Waals surface area contributed by atoms with Crippen LogP contribution in [0.1, 0.15) is 47.6 Å². The number of hydrogen-bond donors (Lipinski definition) is 2. The van der Waals surface area contributed by atoms with Crippen molar-refractivity contribution in [2.75, 3.05) is 25.5 Å². The van der Waals surface area contributed by atoms with Gasteiger partial charge < -0.3 is 20.3 Å². The zero-order chi connectivity index (χ0) is 28.1. The topological polar surface area (TPSA) is 108 Å². The number of carbonyl (C=O) groups excluding carboxylic acids is 4. The second kappa shape index (κ2) is 9.54. The standard InChI is InChI=1S/C26H24F4N4O5/c1-31-23(37)32-16-5-7-18-14(11-16)8-9-25(18)22(36)34(24(38)39-25)13-21(35)33-10-2-3-20(33)17-6-4-15(27)12-19(17)26(28,29)30/h4-7,11-12,20H,2-3,8-10,13H2,1H3,(H2,31,32,37). The fourth-order valence-corrected chi connectivity index (χ4v) is 5.60. The van der Waals surface area contributed by atoms with Crippen LogP contribution >= 0.6 is 0 Å². The van der Waals surface area contributed by atoms with Crippen LogP contribution in [0.5, 0.6) is 0 Å². The number of aryl methyl sites for hydroxylation is 1. The van der Waals surface area contributed by atoms with Crippen molar-refractivity contribution in [3.8, 4) is 0 Å². The van der Waals surface area contributed by atoms with Crippen LogP contribution in [0.3, 0.4) is 0 Å². The van der Waals surface area contributed by atoms with E-state index in [1.165, 1.54) is 11.9 Å². The van der Waals surface area contributed by atoms with Gasteiger partial charge in [0.05, 0.1) is 11.6 Å². The van der Waals surface area contributed by atoms with E-state index in [0.717, 1.165) is 12.1 Å². The number of alkyl halides is 3. The van der Waals surface area contributed by atoms with E-state index in [9.17, 15) is 36.7 Å². The molecule has 2 N–H and O–H groups in total. The first kappa shape index (κ1) is 26.4. The van der Waals surface area contributed by atoms with Gasteiger partial charge in [0.15, 0.2) is 0 Å². The van der Waals surface area contributed by atoms with Gasteiger partial charge in [0.25, 0.3) is 5.91 Å². The molecule has 206 valence electrons. The lowest BCUT2D eigenvalue weighted by Crippen LogP contribution is -2.44. The predicted molar refractivity (Wildman–Crippen MR) is 128 cm³/mol. The Balaban J connectivity index is 1.36. The van der Waals surface area contributed by atoms with Crippen LogP contribution in [-0.4, -0.2) is 53.9 Å². The summed E-state index contributed by atoms with van der Waals surface area (Å²) >= 11 is 0. The number of nitrogens with zero attached hydrogens (tertiary/aromatic N) is 2. The molecular formula is C26H24F4N4O5. The third-order valence-corrected chi connectivity index (χ3v) is 7.39. The number of ether oxygens (including phenoxy) is 1. The summed E-state index contributed by atoms with van der Waals surface area (Å²) in [5, 5.41) is 5.05. The van der Waals surface area contributed by atoms with Crippen LogP contribution in [0.4, 0.5) is 32.8 Å². The number of likely N-dealkylation sites (tertiary alicyclic amines) is 1. The zero-order valence-corrected chi connectivity index (χ0v) is 20.7. The number of halogens is 4. The molecule has 0 radical (unpaired) electrons. The fraction of sp³-hybridized carbons (Fsp3) is 0.385. The first-order valence-corrected chi connectivity index (χ1v) is 12.3. The number of carbonyl (C=O) groups is 4. The smallest absolute Gasteiger partial charge is 0.418 e. The second-order valence-corrected chi connectivity index (χ2v) is 9.64. The van der Waals surface area contributed by atoms with Crippen molar-refractivity contribution >= 4 is 29.6 Å². The van der Waals surface area contributed by atoms with Crippen molar-refractivity contribution in [3.05, 3.63) is 64.5 Å². The number of amides is 5. The minimum Gasteiger partial charge on any atom is -0.427 e. The van der Waals surface area contributed by atoms with Crippen LogP contribution in [0, 0.1) is 5.82 Å². The van der Waals surface area contributed by atoms with Crippen molar-refractivity contribution in [2.24, 2.45) is 0 Å². The molecule has 5 amide bonds. The first-order chi connectivity index (χ1) is 18.4. The van der Waals surface area contributed by atoms with Gasteiger partial charge in [-0.15, -0.1) is 0 Å². The number of hydrogen-bond acceptors (Lipinski definition) is 5. The third-order valence-electron chi connectivity index (χ3n) is 7.39. The highest BCUT2D eigenvalue weighted by molar-refractivity contribution is 6.06. The predicted octanol–water partition coefficient (Wildman–Crippen LogP) is 4.08. The average Bonchev–Trinajstić information content (AvgIpc) is 3.57. The van der Waals surface area contributed by atoms with Crippen LogP contribution in [0.2, 0.25) is 0 Å². The molecule has 2 heterocycles. The SMILES string of the molecule is CNC(=O)Nc1ccc2c(c1)CCC21OC(=O)N(CC(=O)N2CCCC2c2ccc(F)cc2C(F)(F)F)C1=O. The summed E-state index contributed by atoms with van der Waals surface area (Å²) in [7, 11) is 1.46. The molecule has 0 bridgehead atoms. The molecule has 3 aliphatic rings. The Morgan fingerprint density at radius 3 is 2.64 bits per heavy atom. The monoisotopic (exact) mass is 548 g/mol. The van der Waals surface area contributed by atoms with Gasteiger partial charge in [-0.25, -0.2) is 18.9 Å². The second-order valence-electron chi connectivity index (χ2n) is 9.64. The third kappa shape index (κ3) is 4.55. The molecule has 9 nitrogen and oxygen atoms in total. The summed E-state index contributed by atoms with van der Waals surface area (Å²) in [6.45, 7) is -0.589. The molecule has 1 aliphatic carbocycles. The van der Waals surface area contributed by atoms with Gasteiger partial charge in [0.2, 0.25) is 11.5 Å². The molecular weight excluding hydrogens is 524 g/mol. The van der Waals surface area contributed by atoms with E-state index in [2.05, 4.69) is 10.6 Å². The zero-order valence-electron chi connectivity index (χ0n) is 20.7. The Hall–Kier alpha value is -4.16. The molecule has 2 unspecified atom stereocenters. The Labute approximate surface area is 220 Å². The first-order valence-electron chi connectivity index (χ1n) is 12.3. The van der Waals surface area contributed by atoms with E-state index >= 15 is 0 Å². The quantitative estimate of drug-likeness (QED) is 0.560. The summed E-state index contributed by atoms with van der Waals surface area (Å²) in [4.78, 5) is 53.0. The van der Waals surface area contributed by atoms with Gasteiger partial charge in [-0.1, -0.05) is 12.1 Å². The van der Waals surface area contributed by atoms with Gasteiger partial charge in [-0.3, -0.25) is 9.59 Å². The molecule has 13 heteroatoms. The van der Waals surface area contributed by atoms with E-state index in [4.69, 9.17) is 4.74 Å². The van der Waals surface area contributed by atoms with Crippen molar-refractivity contribution in [1.29, 1.82) is 0 Å². The minimum atomic E-state index is -4.83. The van der Waals surface area contributed by atoms with Gasteiger partial charge in [0.1, 0.15) is 12.4 Å². The van der Waals surface area contributed by atoms with Crippen molar-refractivity contribution in [3.63, 3.8) is 0 Å². The van der Waals surface area contributed by atoms with E-state index in [1.54, 1.807) is 18.2 Å². The normalized spacial score (nSPS) is 22.3. The largest absolute Gasteiger partial charge is 0.427 e. The highest BCUT2D eigenvalue weighted by atomic mass is 19.4. The van der Waals surface area contributed by atoms with Crippen LogP contribution in [0.15, 0.2) is 36.4 Å². The number of imide groups is 1. The van der Waals surface area contributed by atoms with Crippen molar-refractivity contribution in [1.82, 2.24) is 15.1 Å². The number of benzene rings is 2.